The number of fused-ring (bicyclic) bond motifs is 3. The molecular formula is C40H34FN7O4. The molecule has 1 atom stereocenters. The van der Waals surface area contributed by atoms with Gasteiger partial charge in [0.15, 0.2) is 17.4 Å². The van der Waals surface area contributed by atoms with Crippen molar-refractivity contribution in [3.05, 3.63) is 102 Å². The van der Waals surface area contributed by atoms with Crippen molar-refractivity contribution >= 4 is 56.6 Å². The molecule has 0 amide bonds. The molecule has 0 saturated carbocycles. The first-order valence-electron chi connectivity index (χ1n) is 17.1. The number of hydrogen-bond donors (Lipinski definition) is 0. The first-order valence-corrected chi connectivity index (χ1v) is 17.1. The van der Waals surface area contributed by atoms with Crippen molar-refractivity contribution in [1.82, 2.24) is 24.9 Å². The quantitative estimate of drug-likeness (QED) is 0.0914. The molecule has 0 bridgehead atoms. The van der Waals surface area contributed by atoms with Gasteiger partial charge in [0.1, 0.15) is 17.0 Å². The first kappa shape index (κ1) is 32.9. The molecule has 0 aliphatic carbocycles. The zero-order valence-electron chi connectivity index (χ0n) is 29.0. The van der Waals surface area contributed by atoms with Gasteiger partial charge in [0.25, 0.3) is 0 Å². The minimum atomic E-state index is -0.836. The highest BCUT2D eigenvalue weighted by Gasteiger charge is 2.28. The highest BCUT2D eigenvalue weighted by molar-refractivity contribution is 6.05. The van der Waals surface area contributed by atoms with Gasteiger partial charge in [-0.1, -0.05) is 18.2 Å². The van der Waals surface area contributed by atoms with Crippen molar-refractivity contribution in [3.8, 4) is 22.7 Å². The monoisotopic (exact) mass is 695 g/mol. The van der Waals surface area contributed by atoms with Gasteiger partial charge in [-0.05, 0) is 94.3 Å². The second-order valence-corrected chi connectivity index (χ2v) is 13.3. The van der Waals surface area contributed by atoms with Crippen LogP contribution in [0.2, 0.25) is 0 Å². The fourth-order valence-electron chi connectivity index (χ4n) is 6.46. The number of benzene rings is 3. The Balaban J connectivity index is 1.10. The minimum absolute atomic E-state index is 0.0583. The standard InChI is InChI=1S/C40H34FN7O4/c1-22(2)47(4)37-35(27-13-16-34(41)42-21-27)43-28-14-11-25(18-30(28)45-37)39(49)52-40(50)26-12-15-29-31(19-26)46-38(48-17-7-8-23(48)3)36(44-29)33-20-24-9-5-6-10-32(24)51-33/h5-6,9-16,18-23H,7-8,17H2,1-4H3. The van der Waals surface area contributed by atoms with Crippen LogP contribution in [0.25, 0.3) is 55.7 Å². The molecule has 8 rings (SSSR count). The van der Waals surface area contributed by atoms with Crippen LogP contribution in [0, 0.1) is 5.95 Å². The summed E-state index contributed by atoms with van der Waals surface area (Å²) in [4.78, 5) is 54.2. The van der Waals surface area contributed by atoms with Gasteiger partial charge in [-0.3, -0.25) is 0 Å². The van der Waals surface area contributed by atoms with Gasteiger partial charge in [0, 0.05) is 42.8 Å². The van der Waals surface area contributed by atoms with E-state index in [1.807, 2.05) is 56.1 Å². The Labute approximate surface area is 298 Å². The molecule has 0 spiro atoms. The molecule has 0 radical (unpaired) electrons. The summed E-state index contributed by atoms with van der Waals surface area (Å²) in [6.45, 7) is 6.99. The molecular weight excluding hydrogens is 661 g/mol. The summed E-state index contributed by atoms with van der Waals surface area (Å²) in [5.74, 6) is -0.433. The lowest BCUT2D eigenvalue weighted by Crippen LogP contribution is -2.28. The lowest BCUT2D eigenvalue weighted by atomic mass is 10.1. The predicted octanol–water partition coefficient (Wildman–Crippen LogP) is 8.02. The third-order valence-electron chi connectivity index (χ3n) is 9.54. The molecule has 260 valence electrons. The van der Waals surface area contributed by atoms with E-state index in [-0.39, 0.29) is 23.2 Å². The number of para-hydroxylation sites is 1. The van der Waals surface area contributed by atoms with Gasteiger partial charge in [0.2, 0.25) is 5.95 Å². The maximum Gasteiger partial charge on any atom is 0.346 e. The number of rotatable bonds is 7. The van der Waals surface area contributed by atoms with E-state index >= 15 is 0 Å². The Morgan fingerprint density at radius 1 is 0.865 bits per heavy atom. The Hall–Kier alpha value is -6.30. The molecule has 1 aliphatic heterocycles. The Morgan fingerprint density at radius 2 is 1.56 bits per heavy atom. The van der Waals surface area contributed by atoms with Crippen molar-refractivity contribution in [2.75, 3.05) is 23.4 Å². The van der Waals surface area contributed by atoms with Crippen LogP contribution < -0.4 is 9.80 Å². The average molecular weight is 696 g/mol. The molecule has 4 aromatic heterocycles. The highest BCUT2D eigenvalue weighted by atomic mass is 19.1. The molecule has 1 aliphatic rings. The van der Waals surface area contributed by atoms with Crippen molar-refractivity contribution in [2.45, 2.75) is 45.7 Å². The lowest BCUT2D eigenvalue weighted by Gasteiger charge is -2.25. The number of carbonyl (C=O) groups is 2. The van der Waals surface area contributed by atoms with Crippen molar-refractivity contribution in [2.24, 2.45) is 0 Å². The van der Waals surface area contributed by atoms with E-state index < -0.39 is 17.9 Å². The van der Waals surface area contributed by atoms with Crippen LogP contribution in [0.1, 0.15) is 54.3 Å². The van der Waals surface area contributed by atoms with Crippen molar-refractivity contribution in [3.63, 3.8) is 0 Å². The molecule has 1 saturated heterocycles. The molecule has 0 N–H and O–H groups in total. The summed E-state index contributed by atoms with van der Waals surface area (Å²) >= 11 is 0. The van der Waals surface area contributed by atoms with Crippen LogP contribution in [0.15, 0.2) is 89.5 Å². The lowest BCUT2D eigenvalue weighted by molar-refractivity contribution is 0.0398. The summed E-state index contributed by atoms with van der Waals surface area (Å²) in [7, 11) is 1.88. The Kier molecular flexibility index (Phi) is 8.29. The van der Waals surface area contributed by atoms with Gasteiger partial charge in [-0.15, -0.1) is 0 Å². The molecule has 5 heterocycles. The largest absolute Gasteiger partial charge is 0.454 e. The number of esters is 2. The van der Waals surface area contributed by atoms with Crippen LogP contribution in [-0.4, -0.2) is 62.5 Å². The van der Waals surface area contributed by atoms with E-state index in [2.05, 4.69) is 16.8 Å². The van der Waals surface area contributed by atoms with Gasteiger partial charge in [-0.2, -0.15) is 4.39 Å². The Bertz CT molecular complexity index is 2480. The second kappa shape index (κ2) is 13.1. The number of carbonyl (C=O) groups excluding carboxylic acids is 2. The van der Waals surface area contributed by atoms with Gasteiger partial charge in [-0.25, -0.2) is 34.5 Å². The number of aromatic nitrogens is 5. The Morgan fingerprint density at radius 3 is 2.19 bits per heavy atom. The zero-order valence-corrected chi connectivity index (χ0v) is 29.0. The van der Waals surface area contributed by atoms with Crippen LogP contribution in [0.4, 0.5) is 16.0 Å². The van der Waals surface area contributed by atoms with Crippen molar-refractivity contribution in [1.29, 1.82) is 0 Å². The smallest absolute Gasteiger partial charge is 0.346 e. The summed E-state index contributed by atoms with van der Waals surface area (Å²) in [6, 6.07) is 22.5. The SMILES string of the molecule is CC(C)N(C)c1nc2cc(C(=O)OC(=O)c3ccc4nc(-c5cc6ccccc6o5)c(N5CCCC5C)nc4c3)ccc2nc1-c1ccc(F)nc1. The van der Waals surface area contributed by atoms with Crippen LogP contribution in [0.3, 0.4) is 0 Å². The number of nitrogens with zero attached hydrogens (tertiary/aromatic N) is 7. The summed E-state index contributed by atoms with van der Waals surface area (Å²) in [5, 5.41) is 0.969. The topological polar surface area (TPSA) is 127 Å². The first-order chi connectivity index (χ1) is 25.1. The number of hydrogen-bond acceptors (Lipinski definition) is 11. The van der Waals surface area contributed by atoms with Crippen LogP contribution >= 0.6 is 0 Å². The van der Waals surface area contributed by atoms with Gasteiger partial charge < -0.3 is 19.0 Å². The number of halogens is 1. The molecule has 52 heavy (non-hydrogen) atoms. The van der Waals surface area contributed by atoms with Crippen LogP contribution in [0.5, 0.6) is 0 Å². The molecule has 12 heteroatoms. The van der Waals surface area contributed by atoms with Gasteiger partial charge in [0.05, 0.1) is 33.2 Å². The summed E-state index contributed by atoms with van der Waals surface area (Å²) < 4.78 is 25.2. The maximum absolute atomic E-state index is 13.6. The highest BCUT2D eigenvalue weighted by Crippen LogP contribution is 2.37. The third kappa shape index (κ3) is 6.06. The van der Waals surface area contributed by atoms with Crippen LogP contribution in [-0.2, 0) is 4.74 Å². The van der Waals surface area contributed by atoms with E-state index in [9.17, 15) is 14.0 Å². The fourth-order valence-corrected chi connectivity index (χ4v) is 6.46. The number of pyridine rings is 1. The molecule has 1 unspecified atom stereocenters. The fraction of sp³-hybridized carbons (Fsp3) is 0.225. The van der Waals surface area contributed by atoms with E-state index in [1.165, 1.54) is 24.4 Å². The maximum atomic E-state index is 13.6. The van der Waals surface area contributed by atoms with E-state index in [1.54, 1.807) is 30.3 Å². The number of ether oxygens (including phenoxy) is 1. The second-order valence-electron chi connectivity index (χ2n) is 13.3. The van der Waals surface area contributed by atoms with Gasteiger partial charge >= 0.3 is 11.9 Å². The normalized spacial score (nSPS) is 14.5. The van der Waals surface area contributed by atoms with Crippen molar-refractivity contribution < 1.29 is 23.1 Å². The average Bonchev–Trinajstić information content (AvgIpc) is 3.79. The van der Waals surface area contributed by atoms with E-state index in [0.717, 1.165) is 30.4 Å². The third-order valence-corrected chi connectivity index (χ3v) is 9.54. The zero-order chi connectivity index (χ0) is 36.1. The minimum Gasteiger partial charge on any atom is -0.454 e. The number of anilines is 2. The summed E-state index contributed by atoms with van der Waals surface area (Å²) in [6.07, 6.45) is 3.46. The predicted molar refractivity (Wildman–Crippen MR) is 197 cm³/mol. The summed E-state index contributed by atoms with van der Waals surface area (Å²) in [5.41, 5.74) is 4.79. The van der Waals surface area contributed by atoms with E-state index in [4.69, 9.17) is 29.1 Å². The molecule has 11 nitrogen and oxygen atoms in total. The number of furan rings is 1. The molecule has 3 aromatic carbocycles. The van der Waals surface area contributed by atoms with E-state index in [0.29, 0.717) is 56.4 Å². The molecule has 1 fully saturated rings. The molecule has 7 aromatic rings.